The van der Waals surface area contributed by atoms with Crippen molar-refractivity contribution >= 4 is 44.1 Å². The molecule has 2 aromatic carbocycles. The molecular weight excluding hydrogens is 592 g/mol. The van der Waals surface area contributed by atoms with Gasteiger partial charge >= 0.3 is 0 Å². The Kier molecular flexibility index (Phi) is 8.90. The van der Waals surface area contributed by atoms with Gasteiger partial charge in [-0.3, -0.25) is 24.2 Å². The summed E-state index contributed by atoms with van der Waals surface area (Å²) in [4.78, 5) is 34.9. The third kappa shape index (κ3) is 7.12. The average molecular weight is 633 g/mol. The molecule has 0 atom stereocenters. The molecule has 1 aliphatic heterocycles. The largest absolute Gasteiger partial charge is 0.492 e. The third-order valence-electron chi connectivity index (χ3n) is 8.04. The molecule has 1 aliphatic rings. The Labute approximate surface area is 264 Å². The Balaban J connectivity index is 1.38. The molecule has 3 heterocycles. The fourth-order valence-electron chi connectivity index (χ4n) is 5.71. The van der Waals surface area contributed by atoms with E-state index in [0.29, 0.717) is 36.6 Å². The predicted octanol–water partition coefficient (Wildman–Crippen LogP) is 4.46. The van der Waals surface area contributed by atoms with Gasteiger partial charge in [-0.25, -0.2) is 8.42 Å². The molecule has 0 bridgehead atoms. The molecule has 238 valence electrons. The molecule has 5 rings (SSSR count). The molecule has 12 heteroatoms. The molecule has 45 heavy (non-hydrogen) atoms. The van der Waals surface area contributed by atoms with Gasteiger partial charge in [0.05, 0.1) is 35.8 Å². The SMILES string of the molecule is COc1c(NC(=O)c2cc3cccc(CN4CCN(C(=O)c5cccnc5)CC4)c3n2C)cc(C(C)(C)C)cc1NS(C)(=O)=O. The standard InChI is InChI=1S/C33H40N6O5S/c1-33(2,3)25-18-26(30(44-5)27(19-25)36-45(6,42)43)35-31(40)28-17-22-9-7-10-24(29(22)37(28)4)21-38-13-15-39(16-14-38)32(41)23-11-8-12-34-20-23/h7-12,17-20,36H,13-16,21H2,1-6H3,(H,35,40). The van der Waals surface area contributed by atoms with Gasteiger partial charge in [0.1, 0.15) is 5.69 Å². The molecule has 4 aromatic rings. The van der Waals surface area contributed by atoms with E-state index < -0.39 is 10.0 Å². The maximum atomic E-state index is 13.8. The first-order valence-electron chi connectivity index (χ1n) is 14.8. The molecule has 0 unspecified atom stereocenters. The van der Waals surface area contributed by atoms with Crippen molar-refractivity contribution in [2.24, 2.45) is 7.05 Å². The van der Waals surface area contributed by atoms with Gasteiger partial charge in [0.2, 0.25) is 10.0 Å². The zero-order valence-electron chi connectivity index (χ0n) is 26.5. The second kappa shape index (κ2) is 12.5. The highest BCUT2D eigenvalue weighted by Gasteiger charge is 2.25. The molecule has 1 fully saturated rings. The fraction of sp³-hybridized carbons (Fsp3) is 0.364. The number of aromatic nitrogens is 2. The minimum Gasteiger partial charge on any atom is -0.492 e. The number of nitrogens with one attached hydrogen (secondary N) is 2. The summed E-state index contributed by atoms with van der Waals surface area (Å²) in [6, 6.07) is 15.0. The summed E-state index contributed by atoms with van der Waals surface area (Å²) in [6.07, 6.45) is 4.33. The third-order valence-corrected chi connectivity index (χ3v) is 8.63. The van der Waals surface area contributed by atoms with Crippen LogP contribution in [0.25, 0.3) is 10.9 Å². The van der Waals surface area contributed by atoms with Gasteiger partial charge in [0.15, 0.2) is 5.75 Å². The van der Waals surface area contributed by atoms with Crippen LogP contribution in [0.1, 0.15) is 52.7 Å². The van der Waals surface area contributed by atoms with Crippen LogP contribution in [-0.2, 0) is 29.0 Å². The maximum absolute atomic E-state index is 13.8. The number of benzene rings is 2. The highest BCUT2D eigenvalue weighted by molar-refractivity contribution is 7.92. The number of hydrogen-bond acceptors (Lipinski definition) is 7. The number of carbonyl (C=O) groups excluding carboxylic acids is 2. The zero-order valence-corrected chi connectivity index (χ0v) is 27.4. The van der Waals surface area contributed by atoms with Crippen LogP contribution in [0.15, 0.2) is 60.9 Å². The van der Waals surface area contributed by atoms with Crippen molar-refractivity contribution < 1.29 is 22.7 Å². The van der Waals surface area contributed by atoms with E-state index in [1.54, 1.807) is 30.6 Å². The van der Waals surface area contributed by atoms with E-state index in [0.717, 1.165) is 41.4 Å². The Morgan fingerprint density at radius 2 is 1.71 bits per heavy atom. The second-order valence-electron chi connectivity index (χ2n) is 12.4. The van der Waals surface area contributed by atoms with Crippen molar-refractivity contribution in [2.75, 3.05) is 49.6 Å². The van der Waals surface area contributed by atoms with Crippen molar-refractivity contribution in [3.05, 3.63) is 83.3 Å². The summed E-state index contributed by atoms with van der Waals surface area (Å²) in [5.41, 5.74) is 4.19. The van der Waals surface area contributed by atoms with Gasteiger partial charge in [0.25, 0.3) is 11.8 Å². The molecule has 0 spiro atoms. The highest BCUT2D eigenvalue weighted by Crippen LogP contribution is 2.39. The van der Waals surface area contributed by atoms with E-state index in [1.807, 2.05) is 61.6 Å². The lowest BCUT2D eigenvalue weighted by atomic mass is 9.86. The summed E-state index contributed by atoms with van der Waals surface area (Å²) < 4.78 is 34.3. The average Bonchev–Trinajstić information content (AvgIpc) is 3.33. The number of carbonyl (C=O) groups is 2. The number of nitrogens with zero attached hydrogens (tertiary/aromatic N) is 4. The summed E-state index contributed by atoms with van der Waals surface area (Å²) in [6.45, 7) is 9.40. The van der Waals surface area contributed by atoms with Crippen LogP contribution in [0.4, 0.5) is 11.4 Å². The number of methoxy groups -OCH3 is 1. The summed E-state index contributed by atoms with van der Waals surface area (Å²) >= 11 is 0. The Bertz CT molecular complexity index is 1840. The molecule has 0 aliphatic carbocycles. The van der Waals surface area contributed by atoms with Crippen LogP contribution >= 0.6 is 0 Å². The van der Waals surface area contributed by atoms with E-state index in [-0.39, 0.29) is 28.7 Å². The van der Waals surface area contributed by atoms with Crippen LogP contribution in [0, 0.1) is 0 Å². The number of ether oxygens (including phenoxy) is 1. The van der Waals surface area contributed by atoms with Gasteiger partial charge in [-0.1, -0.05) is 39.0 Å². The fourth-order valence-corrected chi connectivity index (χ4v) is 6.26. The second-order valence-corrected chi connectivity index (χ2v) is 14.2. The van der Waals surface area contributed by atoms with Crippen molar-refractivity contribution in [2.45, 2.75) is 32.7 Å². The van der Waals surface area contributed by atoms with Gasteiger partial charge < -0.3 is 19.5 Å². The normalized spacial score (nSPS) is 14.4. The van der Waals surface area contributed by atoms with Crippen molar-refractivity contribution in [1.82, 2.24) is 19.4 Å². The van der Waals surface area contributed by atoms with E-state index >= 15 is 0 Å². The first-order valence-corrected chi connectivity index (χ1v) is 16.6. The number of aryl methyl sites for hydroxylation is 1. The van der Waals surface area contributed by atoms with Gasteiger partial charge in [-0.05, 0) is 46.9 Å². The predicted molar refractivity (Wildman–Crippen MR) is 176 cm³/mol. The number of amides is 2. The van der Waals surface area contributed by atoms with Crippen molar-refractivity contribution in [3.8, 4) is 5.75 Å². The van der Waals surface area contributed by atoms with E-state index in [9.17, 15) is 18.0 Å². The van der Waals surface area contributed by atoms with Gasteiger partial charge in [-0.15, -0.1) is 0 Å². The number of para-hydroxylation sites is 1. The number of fused-ring (bicyclic) bond motifs is 1. The van der Waals surface area contributed by atoms with Gasteiger partial charge in [-0.2, -0.15) is 0 Å². The molecule has 1 saturated heterocycles. The van der Waals surface area contributed by atoms with Crippen LogP contribution < -0.4 is 14.8 Å². The maximum Gasteiger partial charge on any atom is 0.272 e. The quantitative estimate of drug-likeness (QED) is 0.294. The van der Waals surface area contributed by atoms with Gasteiger partial charge in [0, 0.05) is 57.6 Å². The first kappa shape index (κ1) is 32.0. The molecule has 2 amide bonds. The number of anilines is 2. The lowest BCUT2D eigenvalue weighted by Crippen LogP contribution is -2.48. The smallest absolute Gasteiger partial charge is 0.272 e. The summed E-state index contributed by atoms with van der Waals surface area (Å²) in [5.74, 6) is -0.133. The molecule has 2 aromatic heterocycles. The van der Waals surface area contributed by atoms with E-state index in [4.69, 9.17) is 4.74 Å². The monoisotopic (exact) mass is 632 g/mol. The molecule has 0 saturated carbocycles. The lowest BCUT2D eigenvalue weighted by molar-refractivity contribution is 0.0628. The molecule has 2 N–H and O–H groups in total. The van der Waals surface area contributed by atoms with Crippen molar-refractivity contribution in [3.63, 3.8) is 0 Å². The molecule has 0 radical (unpaired) electrons. The van der Waals surface area contributed by atoms with Crippen molar-refractivity contribution in [1.29, 1.82) is 0 Å². The number of hydrogen-bond donors (Lipinski definition) is 2. The Morgan fingerprint density at radius 3 is 2.33 bits per heavy atom. The van der Waals surface area contributed by atoms with Crippen LogP contribution in [-0.4, -0.2) is 79.1 Å². The Hall–Kier alpha value is -4.42. The van der Waals surface area contributed by atoms with E-state index in [1.165, 1.54) is 7.11 Å². The Morgan fingerprint density at radius 1 is 1.00 bits per heavy atom. The first-order chi connectivity index (χ1) is 21.2. The minimum atomic E-state index is -3.60. The van der Waals surface area contributed by atoms with Crippen LogP contribution in [0.3, 0.4) is 0 Å². The van der Waals surface area contributed by atoms with Crippen LogP contribution in [0.5, 0.6) is 5.75 Å². The molecule has 11 nitrogen and oxygen atoms in total. The topological polar surface area (TPSA) is 126 Å². The highest BCUT2D eigenvalue weighted by atomic mass is 32.2. The number of sulfonamides is 1. The summed E-state index contributed by atoms with van der Waals surface area (Å²) in [5, 5.41) is 3.91. The zero-order chi connectivity index (χ0) is 32.5. The molecular formula is C33H40N6O5S. The number of rotatable bonds is 8. The minimum absolute atomic E-state index is 0.00757. The number of piperazine rings is 1. The van der Waals surface area contributed by atoms with Crippen LogP contribution in [0.2, 0.25) is 0 Å². The lowest BCUT2D eigenvalue weighted by Gasteiger charge is -2.35. The number of pyridine rings is 1. The summed E-state index contributed by atoms with van der Waals surface area (Å²) in [7, 11) is -0.300. The van der Waals surface area contributed by atoms with E-state index in [2.05, 4.69) is 26.0 Å².